The Hall–Kier alpha value is -1.06. The lowest BCUT2D eigenvalue weighted by Gasteiger charge is -2.16. The summed E-state index contributed by atoms with van der Waals surface area (Å²) in [5, 5.41) is 22.8. The van der Waals surface area contributed by atoms with Crippen molar-refractivity contribution in [3.8, 4) is 5.75 Å². The summed E-state index contributed by atoms with van der Waals surface area (Å²) < 4.78 is 0. The van der Waals surface area contributed by atoms with E-state index in [1.165, 1.54) is 0 Å². The third-order valence-corrected chi connectivity index (χ3v) is 2.62. The van der Waals surface area contributed by atoms with Crippen LogP contribution in [0.4, 0.5) is 0 Å². The van der Waals surface area contributed by atoms with Gasteiger partial charge in [-0.1, -0.05) is 13.8 Å². The van der Waals surface area contributed by atoms with Crippen LogP contribution >= 0.6 is 0 Å². The summed E-state index contributed by atoms with van der Waals surface area (Å²) in [5.41, 5.74) is 2.46. The number of phenolic OH excluding ortho intramolecular Hbond substituents is 1. The van der Waals surface area contributed by atoms with Crippen LogP contribution in [0.3, 0.4) is 0 Å². The summed E-state index contributed by atoms with van der Waals surface area (Å²) in [6.07, 6.45) is -0.527. The molecule has 1 rings (SSSR count). The Morgan fingerprint density at radius 3 is 2.12 bits per heavy atom. The number of aliphatic hydroxyl groups is 1. The maximum Gasteiger partial charge on any atom is 0.121 e. The third kappa shape index (κ3) is 3.22. The van der Waals surface area contributed by atoms with Crippen LogP contribution in [0.1, 0.15) is 36.6 Å². The van der Waals surface area contributed by atoms with E-state index in [1.807, 2.05) is 39.8 Å². The van der Waals surface area contributed by atoms with Crippen LogP contribution in [-0.2, 0) is 0 Å². The molecule has 16 heavy (non-hydrogen) atoms. The molecule has 0 aliphatic heterocycles. The van der Waals surface area contributed by atoms with Gasteiger partial charge < -0.3 is 15.5 Å². The van der Waals surface area contributed by atoms with Crippen molar-refractivity contribution in [3.63, 3.8) is 0 Å². The zero-order valence-corrected chi connectivity index (χ0v) is 10.4. The molecule has 0 saturated carbocycles. The standard InChI is InChI=1S/C13H21NO2/c1-8(2)14-7-12(15)11-5-9(3)13(16)10(4)6-11/h5-6,8,12,14-16H,7H2,1-4H3. The van der Waals surface area contributed by atoms with Gasteiger partial charge in [0.2, 0.25) is 0 Å². The van der Waals surface area contributed by atoms with Crippen LogP contribution in [0.5, 0.6) is 5.75 Å². The van der Waals surface area contributed by atoms with Gasteiger partial charge in [-0.15, -0.1) is 0 Å². The molecule has 0 spiro atoms. The van der Waals surface area contributed by atoms with Gasteiger partial charge in [-0.25, -0.2) is 0 Å². The third-order valence-electron chi connectivity index (χ3n) is 2.62. The number of hydrogen-bond acceptors (Lipinski definition) is 3. The van der Waals surface area contributed by atoms with E-state index in [-0.39, 0.29) is 0 Å². The minimum absolute atomic E-state index is 0.313. The van der Waals surface area contributed by atoms with Crippen molar-refractivity contribution in [1.82, 2.24) is 5.32 Å². The average Bonchev–Trinajstić information content (AvgIpc) is 2.21. The molecule has 3 N–H and O–H groups in total. The molecule has 0 aliphatic rings. The van der Waals surface area contributed by atoms with Crippen molar-refractivity contribution in [3.05, 3.63) is 28.8 Å². The quantitative estimate of drug-likeness (QED) is 0.732. The Morgan fingerprint density at radius 1 is 1.19 bits per heavy atom. The zero-order chi connectivity index (χ0) is 12.3. The first-order valence-electron chi connectivity index (χ1n) is 5.63. The van der Waals surface area contributed by atoms with Gasteiger partial charge in [0.1, 0.15) is 5.75 Å². The van der Waals surface area contributed by atoms with E-state index in [0.717, 1.165) is 16.7 Å². The molecule has 0 saturated heterocycles. The number of phenols is 1. The second-order valence-electron chi connectivity index (χ2n) is 4.58. The highest BCUT2D eigenvalue weighted by molar-refractivity contribution is 5.42. The number of rotatable bonds is 4. The summed E-state index contributed by atoms with van der Waals surface area (Å²) >= 11 is 0. The molecule has 3 heteroatoms. The van der Waals surface area contributed by atoms with Crippen molar-refractivity contribution >= 4 is 0 Å². The van der Waals surface area contributed by atoms with Crippen molar-refractivity contribution in [2.75, 3.05) is 6.54 Å². The van der Waals surface area contributed by atoms with Gasteiger partial charge in [0, 0.05) is 12.6 Å². The van der Waals surface area contributed by atoms with Gasteiger partial charge in [0.25, 0.3) is 0 Å². The molecule has 0 amide bonds. The van der Waals surface area contributed by atoms with E-state index < -0.39 is 6.10 Å². The van der Waals surface area contributed by atoms with Gasteiger partial charge in [-0.3, -0.25) is 0 Å². The Balaban J connectivity index is 2.80. The SMILES string of the molecule is Cc1cc(C(O)CNC(C)C)cc(C)c1O. The number of aryl methyl sites for hydroxylation is 2. The Kier molecular flexibility index (Phi) is 4.33. The number of nitrogens with one attached hydrogen (secondary N) is 1. The fourth-order valence-electron chi connectivity index (χ4n) is 1.65. The van der Waals surface area contributed by atoms with Gasteiger partial charge >= 0.3 is 0 Å². The molecule has 0 aromatic heterocycles. The van der Waals surface area contributed by atoms with E-state index in [2.05, 4.69) is 5.32 Å². The van der Waals surface area contributed by atoms with E-state index in [4.69, 9.17) is 0 Å². The minimum atomic E-state index is -0.527. The summed E-state index contributed by atoms with van der Waals surface area (Å²) in [6, 6.07) is 4.01. The largest absolute Gasteiger partial charge is 0.507 e. The van der Waals surface area contributed by atoms with Crippen molar-refractivity contribution < 1.29 is 10.2 Å². The number of aliphatic hydroxyl groups excluding tert-OH is 1. The smallest absolute Gasteiger partial charge is 0.121 e. The molecular weight excluding hydrogens is 202 g/mol. The predicted molar refractivity (Wildman–Crippen MR) is 65.7 cm³/mol. The predicted octanol–water partition coefficient (Wildman–Crippen LogP) is 2.04. The molecule has 3 nitrogen and oxygen atoms in total. The highest BCUT2D eigenvalue weighted by atomic mass is 16.3. The van der Waals surface area contributed by atoms with Gasteiger partial charge in [0.15, 0.2) is 0 Å². The van der Waals surface area contributed by atoms with Crippen molar-refractivity contribution in [2.45, 2.75) is 39.8 Å². The lowest BCUT2D eigenvalue weighted by Crippen LogP contribution is -2.27. The first-order chi connectivity index (χ1) is 7.41. The summed E-state index contributed by atoms with van der Waals surface area (Å²) in [5.74, 6) is 0.313. The summed E-state index contributed by atoms with van der Waals surface area (Å²) in [4.78, 5) is 0. The van der Waals surface area contributed by atoms with Gasteiger partial charge in [-0.2, -0.15) is 0 Å². The fraction of sp³-hybridized carbons (Fsp3) is 0.538. The van der Waals surface area contributed by atoms with Crippen LogP contribution in [0.2, 0.25) is 0 Å². The lowest BCUT2D eigenvalue weighted by atomic mass is 10.0. The Morgan fingerprint density at radius 2 is 1.69 bits per heavy atom. The van der Waals surface area contributed by atoms with Gasteiger partial charge in [0.05, 0.1) is 6.10 Å². The Bertz CT molecular complexity index is 338. The minimum Gasteiger partial charge on any atom is -0.507 e. The zero-order valence-electron chi connectivity index (χ0n) is 10.4. The summed E-state index contributed by atoms with van der Waals surface area (Å²) in [7, 11) is 0. The van der Waals surface area contributed by atoms with E-state index >= 15 is 0 Å². The Labute approximate surface area is 97.1 Å². The molecule has 0 aliphatic carbocycles. The molecular formula is C13H21NO2. The topological polar surface area (TPSA) is 52.5 Å². The second kappa shape index (κ2) is 5.32. The monoisotopic (exact) mass is 223 g/mol. The first-order valence-corrected chi connectivity index (χ1v) is 5.63. The number of aromatic hydroxyl groups is 1. The van der Waals surface area contributed by atoms with Crippen molar-refractivity contribution in [2.24, 2.45) is 0 Å². The van der Waals surface area contributed by atoms with E-state index in [9.17, 15) is 10.2 Å². The highest BCUT2D eigenvalue weighted by Crippen LogP contribution is 2.25. The van der Waals surface area contributed by atoms with Crippen LogP contribution in [0.15, 0.2) is 12.1 Å². The second-order valence-corrected chi connectivity index (χ2v) is 4.58. The van der Waals surface area contributed by atoms with Crippen LogP contribution in [0, 0.1) is 13.8 Å². The van der Waals surface area contributed by atoms with E-state index in [1.54, 1.807) is 0 Å². The molecule has 1 aromatic rings. The maximum atomic E-state index is 9.97. The molecule has 1 atom stereocenters. The first kappa shape index (κ1) is 13.0. The normalized spacial score (nSPS) is 13.1. The van der Waals surface area contributed by atoms with Crippen LogP contribution in [0.25, 0.3) is 0 Å². The molecule has 0 fully saturated rings. The molecule has 1 unspecified atom stereocenters. The van der Waals surface area contributed by atoms with Crippen molar-refractivity contribution in [1.29, 1.82) is 0 Å². The highest BCUT2D eigenvalue weighted by Gasteiger charge is 2.11. The van der Waals surface area contributed by atoms with Crippen LogP contribution in [-0.4, -0.2) is 22.8 Å². The average molecular weight is 223 g/mol. The molecule has 1 aromatic carbocycles. The number of hydrogen-bond donors (Lipinski definition) is 3. The van der Waals surface area contributed by atoms with Gasteiger partial charge in [-0.05, 0) is 42.7 Å². The molecule has 0 heterocycles. The molecule has 90 valence electrons. The summed E-state index contributed by atoms with van der Waals surface area (Å²) in [6.45, 7) is 8.30. The lowest BCUT2D eigenvalue weighted by molar-refractivity contribution is 0.171. The fourth-order valence-corrected chi connectivity index (χ4v) is 1.65. The maximum absolute atomic E-state index is 9.97. The molecule has 0 bridgehead atoms. The molecule has 0 radical (unpaired) electrons. The number of benzene rings is 1. The van der Waals surface area contributed by atoms with E-state index in [0.29, 0.717) is 18.3 Å². The van der Waals surface area contributed by atoms with Crippen LogP contribution < -0.4 is 5.32 Å².